The topological polar surface area (TPSA) is 88.5 Å². The van der Waals surface area contributed by atoms with Gasteiger partial charge in [-0.2, -0.15) is 0 Å². The second-order valence-electron chi connectivity index (χ2n) is 11.2. The molecule has 226 valence electrons. The Morgan fingerprint density at radius 3 is 2.68 bits per heavy atom. The van der Waals surface area contributed by atoms with Crippen molar-refractivity contribution < 1.29 is 14.3 Å². The van der Waals surface area contributed by atoms with Crippen molar-refractivity contribution in [2.75, 3.05) is 44.6 Å². The largest absolute Gasteiger partial charge is 0.494 e. The van der Waals surface area contributed by atoms with Crippen LogP contribution in [0.15, 0.2) is 79.0 Å². The highest BCUT2D eigenvalue weighted by molar-refractivity contribution is 7.16. The summed E-state index contributed by atoms with van der Waals surface area (Å²) in [6.45, 7) is 9.92. The lowest BCUT2D eigenvalue weighted by Gasteiger charge is -2.26. The number of amides is 1. The molecule has 5 aromatic rings. The number of rotatable bonds is 10. The number of piperazine rings is 1. The van der Waals surface area contributed by atoms with Crippen molar-refractivity contribution in [1.82, 2.24) is 19.8 Å². The minimum absolute atomic E-state index is 0.0522. The number of aromatic nitrogens is 2. The number of nitrogens with one attached hydrogen (secondary N) is 2. The van der Waals surface area contributed by atoms with Gasteiger partial charge in [0.1, 0.15) is 5.75 Å². The smallest absolute Gasteiger partial charge is 0.262 e. The summed E-state index contributed by atoms with van der Waals surface area (Å²) in [6, 6.07) is 23.3. The maximum Gasteiger partial charge on any atom is 0.262 e. The molecular weight excluding hydrogens is 570 g/mol. The van der Waals surface area contributed by atoms with Gasteiger partial charge in [-0.05, 0) is 67.8 Å². The lowest BCUT2D eigenvalue weighted by atomic mass is 10.1. The third-order valence-corrected chi connectivity index (χ3v) is 8.85. The van der Waals surface area contributed by atoms with Crippen LogP contribution >= 0.6 is 11.3 Å². The fourth-order valence-electron chi connectivity index (χ4n) is 5.63. The minimum atomic E-state index is -0.122. The molecule has 0 bridgehead atoms. The van der Waals surface area contributed by atoms with E-state index >= 15 is 0 Å². The zero-order valence-corrected chi connectivity index (χ0v) is 26.0. The molecule has 0 spiro atoms. The Kier molecular flexibility index (Phi) is 9.16. The molecule has 0 radical (unpaired) electrons. The summed E-state index contributed by atoms with van der Waals surface area (Å²) in [5.41, 5.74) is 5.13. The van der Waals surface area contributed by atoms with E-state index in [0.717, 1.165) is 83.1 Å². The second kappa shape index (κ2) is 13.5. The fourth-order valence-corrected chi connectivity index (χ4v) is 6.49. The third-order valence-electron chi connectivity index (χ3n) is 7.96. The maximum atomic E-state index is 13.2. The predicted molar refractivity (Wildman–Crippen MR) is 177 cm³/mol. The zero-order valence-electron chi connectivity index (χ0n) is 25.1. The van der Waals surface area contributed by atoms with Crippen LogP contribution in [0.1, 0.15) is 32.8 Å². The Labute approximate surface area is 261 Å². The molecule has 1 fully saturated rings. The Balaban J connectivity index is 1.07. The number of anilines is 1. The van der Waals surface area contributed by atoms with Crippen molar-refractivity contribution in [2.24, 2.45) is 0 Å². The molecule has 1 aliphatic rings. The van der Waals surface area contributed by atoms with Crippen molar-refractivity contribution in [2.45, 2.75) is 26.7 Å². The monoisotopic (exact) mass is 607 g/mol. The lowest BCUT2D eigenvalue weighted by Crippen LogP contribution is -2.43. The van der Waals surface area contributed by atoms with Crippen LogP contribution < -0.4 is 15.4 Å². The molecule has 3 heterocycles. The van der Waals surface area contributed by atoms with Gasteiger partial charge < -0.3 is 20.3 Å². The van der Waals surface area contributed by atoms with Crippen LogP contribution in [-0.2, 0) is 11.2 Å². The third kappa shape index (κ3) is 6.91. The number of carbonyl (C=O) groups excluding carboxylic acids is 2. The van der Waals surface area contributed by atoms with E-state index < -0.39 is 0 Å². The average molecular weight is 608 g/mol. The van der Waals surface area contributed by atoms with Crippen molar-refractivity contribution >= 4 is 39.2 Å². The van der Waals surface area contributed by atoms with Crippen LogP contribution in [0.3, 0.4) is 0 Å². The highest BCUT2D eigenvalue weighted by atomic mass is 32.1. The van der Waals surface area contributed by atoms with E-state index in [1.54, 1.807) is 4.57 Å². The molecule has 2 N–H and O–H groups in total. The van der Waals surface area contributed by atoms with Crippen LogP contribution in [0.4, 0.5) is 5.13 Å². The molecule has 6 rings (SSSR count). The van der Waals surface area contributed by atoms with Crippen molar-refractivity contribution in [1.29, 1.82) is 0 Å². The Bertz CT molecular complexity index is 1790. The number of aryl methyl sites for hydroxylation is 2. The Morgan fingerprint density at radius 2 is 1.84 bits per heavy atom. The normalized spacial score (nSPS) is 13.7. The van der Waals surface area contributed by atoms with Crippen LogP contribution in [0, 0.1) is 13.8 Å². The Morgan fingerprint density at radius 1 is 1.00 bits per heavy atom. The van der Waals surface area contributed by atoms with Gasteiger partial charge in [0.05, 0.1) is 24.2 Å². The first-order chi connectivity index (χ1) is 21.4. The second-order valence-corrected chi connectivity index (χ2v) is 12.4. The van der Waals surface area contributed by atoms with Gasteiger partial charge in [0.25, 0.3) is 5.91 Å². The molecule has 0 atom stereocenters. The van der Waals surface area contributed by atoms with Crippen molar-refractivity contribution in [3.8, 4) is 17.0 Å². The molecule has 9 heteroatoms. The summed E-state index contributed by atoms with van der Waals surface area (Å²) < 4.78 is 7.66. The van der Waals surface area contributed by atoms with Gasteiger partial charge in [0.15, 0.2) is 5.13 Å². The molecule has 8 nitrogen and oxygen atoms in total. The standard InChI is InChI=1S/C35H37N5O3S/c1-24-7-3-4-10-30(24)34(42)40-17-13-27-23-28(11-12-31(27)40)33-25(2)44-35(38-33)37-32(41)22-26-8-5-9-29(21-26)43-20-6-16-39-18-14-36-15-19-39/h3-5,7-13,17,21,23,36H,6,14-16,18-20,22H2,1-2H3,(H,37,38,41). The molecular formula is C35H37N5O3S. The van der Waals surface area contributed by atoms with Gasteiger partial charge in [-0.3, -0.25) is 14.2 Å². The van der Waals surface area contributed by atoms with Crippen LogP contribution in [0.2, 0.25) is 0 Å². The summed E-state index contributed by atoms with van der Waals surface area (Å²) in [6.07, 6.45) is 3.03. The quantitative estimate of drug-likeness (QED) is 0.192. The number of hydrogen-bond acceptors (Lipinski definition) is 7. The van der Waals surface area contributed by atoms with Crippen LogP contribution in [0.25, 0.3) is 22.2 Å². The van der Waals surface area contributed by atoms with Gasteiger partial charge in [0.2, 0.25) is 5.91 Å². The molecule has 0 saturated carbocycles. The predicted octanol–water partition coefficient (Wildman–Crippen LogP) is 5.93. The van der Waals surface area contributed by atoms with Gasteiger partial charge in [0, 0.05) is 60.3 Å². The number of carbonyl (C=O) groups is 2. The summed E-state index contributed by atoms with van der Waals surface area (Å²) >= 11 is 1.46. The van der Waals surface area contributed by atoms with Crippen molar-refractivity contribution in [3.63, 3.8) is 0 Å². The SMILES string of the molecule is Cc1ccccc1C(=O)n1ccc2cc(-c3nc(NC(=O)Cc4cccc(OCCCN5CCNCC5)c4)sc3C)ccc21. The van der Waals surface area contributed by atoms with Crippen molar-refractivity contribution in [3.05, 3.63) is 101 Å². The summed E-state index contributed by atoms with van der Waals surface area (Å²) in [7, 11) is 0. The number of benzene rings is 3. The van der Waals surface area contributed by atoms with Crippen LogP contribution in [0.5, 0.6) is 5.75 Å². The molecule has 1 amide bonds. The molecule has 2 aromatic heterocycles. The molecule has 1 aliphatic heterocycles. The number of thiazole rings is 1. The summed E-state index contributed by atoms with van der Waals surface area (Å²) in [5.74, 6) is 0.611. The molecule has 3 aromatic carbocycles. The Hall–Kier alpha value is -4.31. The highest BCUT2D eigenvalue weighted by Crippen LogP contribution is 2.33. The van der Waals surface area contributed by atoms with E-state index in [-0.39, 0.29) is 18.2 Å². The van der Waals surface area contributed by atoms with Gasteiger partial charge in [-0.15, -0.1) is 11.3 Å². The van der Waals surface area contributed by atoms with E-state index in [1.165, 1.54) is 11.3 Å². The van der Waals surface area contributed by atoms with E-state index in [2.05, 4.69) is 15.5 Å². The summed E-state index contributed by atoms with van der Waals surface area (Å²) in [4.78, 5) is 34.4. The summed E-state index contributed by atoms with van der Waals surface area (Å²) in [5, 5.41) is 7.87. The van der Waals surface area contributed by atoms with E-state index in [0.29, 0.717) is 17.3 Å². The number of ether oxygens (including phenoxy) is 1. The molecule has 1 saturated heterocycles. The first-order valence-electron chi connectivity index (χ1n) is 15.1. The average Bonchev–Trinajstić information content (AvgIpc) is 3.62. The molecule has 0 unspecified atom stereocenters. The number of hydrogen-bond donors (Lipinski definition) is 2. The van der Waals surface area contributed by atoms with E-state index in [1.807, 2.05) is 92.8 Å². The zero-order chi connectivity index (χ0) is 30.5. The molecule has 44 heavy (non-hydrogen) atoms. The van der Waals surface area contributed by atoms with E-state index in [9.17, 15) is 9.59 Å². The van der Waals surface area contributed by atoms with Gasteiger partial charge >= 0.3 is 0 Å². The highest BCUT2D eigenvalue weighted by Gasteiger charge is 2.17. The molecule has 0 aliphatic carbocycles. The van der Waals surface area contributed by atoms with Crippen LogP contribution in [-0.4, -0.2) is 65.6 Å². The lowest BCUT2D eigenvalue weighted by molar-refractivity contribution is -0.115. The minimum Gasteiger partial charge on any atom is -0.494 e. The number of fused-ring (bicyclic) bond motifs is 1. The number of nitrogens with zero attached hydrogens (tertiary/aromatic N) is 3. The first kappa shape index (κ1) is 29.7. The fraction of sp³-hybridized carbons (Fsp3) is 0.286. The van der Waals surface area contributed by atoms with Gasteiger partial charge in [-0.25, -0.2) is 4.98 Å². The van der Waals surface area contributed by atoms with Gasteiger partial charge in [-0.1, -0.05) is 36.4 Å². The van der Waals surface area contributed by atoms with E-state index in [4.69, 9.17) is 9.72 Å². The maximum absolute atomic E-state index is 13.2. The first-order valence-corrected chi connectivity index (χ1v) is 15.9.